The van der Waals surface area contributed by atoms with E-state index >= 15 is 0 Å². The standard InChI is InChI=1S/C16H16F2N2O4S/c1-24-12-4-2-3-11(9-12)20-16(21)7-8-19-25(22,23)13-5-6-14(17)15(18)10-13/h2-6,9-10,19H,7-8H2,1H3,(H,20,21). The van der Waals surface area contributed by atoms with Crippen molar-refractivity contribution in [1.82, 2.24) is 4.72 Å². The van der Waals surface area contributed by atoms with Crippen LogP contribution in [0.25, 0.3) is 0 Å². The van der Waals surface area contributed by atoms with E-state index in [0.717, 1.165) is 12.1 Å². The predicted molar refractivity (Wildman–Crippen MR) is 87.8 cm³/mol. The van der Waals surface area contributed by atoms with E-state index in [4.69, 9.17) is 4.74 Å². The van der Waals surface area contributed by atoms with E-state index < -0.39 is 32.5 Å². The van der Waals surface area contributed by atoms with Crippen LogP contribution in [0.3, 0.4) is 0 Å². The van der Waals surface area contributed by atoms with Crippen molar-refractivity contribution in [2.45, 2.75) is 11.3 Å². The Balaban J connectivity index is 1.90. The number of amides is 1. The average molecular weight is 370 g/mol. The third-order valence-corrected chi connectivity index (χ3v) is 4.66. The maximum Gasteiger partial charge on any atom is 0.240 e. The van der Waals surface area contributed by atoms with E-state index in [9.17, 15) is 22.0 Å². The molecular weight excluding hydrogens is 354 g/mol. The van der Waals surface area contributed by atoms with E-state index in [1.165, 1.54) is 7.11 Å². The van der Waals surface area contributed by atoms with Crippen molar-refractivity contribution in [1.29, 1.82) is 0 Å². The monoisotopic (exact) mass is 370 g/mol. The molecule has 0 fully saturated rings. The van der Waals surface area contributed by atoms with Gasteiger partial charge in [-0.15, -0.1) is 0 Å². The lowest BCUT2D eigenvalue weighted by Gasteiger charge is -2.09. The lowest BCUT2D eigenvalue weighted by molar-refractivity contribution is -0.116. The normalized spacial score (nSPS) is 11.2. The number of benzene rings is 2. The summed E-state index contributed by atoms with van der Waals surface area (Å²) in [6.07, 6.45) is -0.139. The second-order valence-corrected chi connectivity index (χ2v) is 6.77. The molecule has 0 saturated heterocycles. The van der Waals surface area contributed by atoms with Crippen LogP contribution < -0.4 is 14.8 Å². The molecule has 134 valence electrons. The minimum Gasteiger partial charge on any atom is -0.497 e. The summed E-state index contributed by atoms with van der Waals surface area (Å²) in [4.78, 5) is 11.4. The van der Waals surface area contributed by atoms with Gasteiger partial charge in [-0.1, -0.05) is 6.07 Å². The highest BCUT2D eigenvalue weighted by atomic mass is 32.2. The fourth-order valence-corrected chi connectivity index (χ4v) is 2.99. The first-order valence-electron chi connectivity index (χ1n) is 7.20. The van der Waals surface area contributed by atoms with Crippen molar-refractivity contribution < 1.29 is 26.7 Å². The molecule has 2 rings (SSSR count). The Kier molecular flexibility index (Phi) is 6.05. The molecule has 0 atom stereocenters. The van der Waals surface area contributed by atoms with Crippen LogP contribution in [0.1, 0.15) is 6.42 Å². The topological polar surface area (TPSA) is 84.5 Å². The first kappa shape index (κ1) is 18.8. The number of hydrogen-bond acceptors (Lipinski definition) is 4. The van der Waals surface area contributed by atoms with Crippen molar-refractivity contribution in [3.63, 3.8) is 0 Å². The van der Waals surface area contributed by atoms with Crippen LogP contribution in [0, 0.1) is 11.6 Å². The Morgan fingerprint density at radius 2 is 1.88 bits per heavy atom. The molecule has 0 bridgehead atoms. The molecule has 0 unspecified atom stereocenters. The van der Waals surface area contributed by atoms with E-state index in [1.807, 2.05) is 0 Å². The highest BCUT2D eigenvalue weighted by Gasteiger charge is 2.16. The van der Waals surface area contributed by atoms with Crippen LogP contribution in [-0.2, 0) is 14.8 Å². The highest BCUT2D eigenvalue weighted by molar-refractivity contribution is 7.89. The first-order valence-corrected chi connectivity index (χ1v) is 8.69. The zero-order chi connectivity index (χ0) is 18.4. The molecule has 9 heteroatoms. The van der Waals surface area contributed by atoms with Crippen LogP contribution in [-0.4, -0.2) is 28.0 Å². The largest absolute Gasteiger partial charge is 0.497 e. The molecule has 2 aromatic carbocycles. The second-order valence-electron chi connectivity index (χ2n) is 5.00. The van der Waals surface area contributed by atoms with Gasteiger partial charge in [0.25, 0.3) is 0 Å². The number of sulfonamides is 1. The first-order chi connectivity index (χ1) is 11.8. The number of halogens is 2. The van der Waals surface area contributed by atoms with Crippen molar-refractivity contribution >= 4 is 21.6 Å². The Morgan fingerprint density at radius 1 is 1.12 bits per heavy atom. The molecule has 0 spiro atoms. The Hall–Kier alpha value is -2.52. The average Bonchev–Trinajstić information content (AvgIpc) is 2.57. The number of rotatable bonds is 7. The zero-order valence-corrected chi connectivity index (χ0v) is 14.1. The van der Waals surface area contributed by atoms with E-state index in [0.29, 0.717) is 17.5 Å². The van der Waals surface area contributed by atoms with Gasteiger partial charge in [0, 0.05) is 24.7 Å². The van der Waals surface area contributed by atoms with Gasteiger partial charge in [0.2, 0.25) is 15.9 Å². The summed E-state index contributed by atoms with van der Waals surface area (Å²) in [7, 11) is -2.54. The highest BCUT2D eigenvalue weighted by Crippen LogP contribution is 2.17. The van der Waals surface area contributed by atoms with Crippen molar-refractivity contribution in [2.75, 3.05) is 19.0 Å². The SMILES string of the molecule is COc1cccc(NC(=O)CCNS(=O)(=O)c2ccc(F)c(F)c2)c1. The van der Waals surface area contributed by atoms with Crippen LogP contribution >= 0.6 is 0 Å². The van der Waals surface area contributed by atoms with Gasteiger partial charge in [0.05, 0.1) is 12.0 Å². The third kappa shape index (κ3) is 5.23. The third-order valence-electron chi connectivity index (χ3n) is 3.20. The molecule has 25 heavy (non-hydrogen) atoms. The zero-order valence-electron chi connectivity index (χ0n) is 13.3. The Bertz CT molecular complexity index is 872. The smallest absolute Gasteiger partial charge is 0.240 e. The molecule has 6 nitrogen and oxygen atoms in total. The van der Waals surface area contributed by atoms with E-state index in [-0.39, 0.29) is 13.0 Å². The fourth-order valence-electron chi connectivity index (χ4n) is 1.95. The van der Waals surface area contributed by atoms with Gasteiger partial charge in [-0.3, -0.25) is 4.79 Å². The minimum absolute atomic E-state index is 0.139. The Labute approximate surface area is 143 Å². The summed E-state index contributed by atoms with van der Waals surface area (Å²) in [5.41, 5.74) is 0.507. The molecule has 0 radical (unpaired) electrons. The number of carbonyl (C=O) groups excluding carboxylic acids is 1. The van der Waals surface area contributed by atoms with Gasteiger partial charge >= 0.3 is 0 Å². The summed E-state index contributed by atoms with van der Waals surface area (Å²) in [5.74, 6) is -2.26. The number of ether oxygens (including phenoxy) is 1. The molecule has 0 aliphatic rings. The number of anilines is 1. The summed E-state index contributed by atoms with van der Waals surface area (Å²) >= 11 is 0. The van der Waals surface area contributed by atoms with Crippen LogP contribution in [0.4, 0.5) is 14.5 Å². The minimum atomic E-state index is -4.04. The molecule has 2 aromatic rings. The molecule has 1 amide bonds. The lowest BCUT2D eigenvalue weighted by atomic mass is 10.3. The van der Waals surface area contributed by atoms with Crippen LogP contribution in [0.15, 0.2) is 47.4 Å². The maximum absolute atomic E-state index is 13.1. The van der Waals surface area contributed by atoms with Gasteiger partial charge in [0.15, 0.2) is 11.6 Å². The molecule has 0 saturated carbocycles. The quantitative estimate of drug-likeness (QED) is 0.783. The summed E-state index contributed by atoms with van der Waals surface area (Å²) < 4.78 is 57.1. The molecule has 0 aliphatic carbocycles. The number of nitrogens with one attached hydrogen (secondary N) is 2. The van der Waals surface area contributed by atoms with Gasteiger partial charge in [-0.05, 0) is 30.3 Å². The summed E-state index contributed by atoms with van der Waals surface area (Å²) in [6.45, 7) is -0.197. The number of methoxy groups -OCH3 is 1. The Morgan fingerprint density at radius 3 is 2.56 bits per heavy atom. The van der Waals surface area contributed by atoms with Gasteiger partial charge < -0.3 is 10.1 Å². The predicted octanol–water partition coefficient (Wildman–Crippen LogP) is 2.28. The van der Waals surface area contributed by atoms with E-state index in [2.05, 4.69) is 10.0 Å². The van der Waals surface area contributed by atoms with Gasteiger partial charge in [0.1, 0.15) is 5.75 Å². The second kappa shape index (κ2) is 8.04. The number of hydrogen-bond donors (Lipinski definition) is 2. The lowest BCUT2D eigenvalue weighted by Crippen LogP contribution is -2.28. The molecule has 2 N–H and O–H groups in total. The summed E-state index contributed by atoms with van der Waals surface area (Å²) in [5, 5.41) is 2.60. The van der Waals surface area contributed by atoms with Gasteiger partial charge in [-0.2, -0.15) is 0 Å². The molecule has 0 heterocycles. The van der Waals surface area contributed by atoms with E-state index in [1.54, 1.807) is 24.3 Å². The van der Waals surface area contributed by atoms with Crippen LogP contribution in [0.2, 0.25) is 0 Å². The summed E-state index contributed by atoms with van der Waals surface area (Å²) in [6, 6.07) is 8.92. The van der Waals surface area contributed by atoms with Crippen molar-refractivity contribution in [3.8, 4) is 5.75 Å². The maximum atomic E-state index is 13.1. The molecule has 0 aromatic heterocycles. The molecule has 0 aliphatic heterocycles. The number of carbonyl (C=O) groups is 1. The molecular formula is C16H16F2N2O4S. The van der Waals surface area contributed by atoms with Crippen molar-refractivity contribution in [2.24, 2.45) is 0 Å². The van der Waals surface area contributed by atoms with Gasteiger partial charge in [-0.25, -0.2) is 21.9 Å². The van der Waals surface area contributed by atoms with Crippen LogP contribution in [0.5, 0.6) is 5.75 Å². The van der Waals surface area contributed by atoms with Crippen molar-refractivity contribution in [3.05, 3.63) is 54.1 Å². The fraction of sp³-hybridized carbons (Fsp3) is 0.188.